The number of pyridine rings is 1. The van der Waals surface area contributed by atoms with Crippen LogP contribution in [0.15, 0.2) is 43.0 Å². The number of carbonyl (C=O) groups excluding carboxylic acids is 2. The topological polar surface area (TPSA) is 69.3 Å². The molecule has 26 heavy (non-hydrogen) atoms. The Kier molecular flexibility index (Phi) is 4.49. The highest BCUT2D eigenvalue weighted by molar-refractivity contribution is 5.94. The maximum atomic E-state index is 12.7. The molecule has 0 unspecified atom stereocenters. The van der Waals surface area contributed by atoms with Gasteiger partial charge in [-0.25, -0.2) is 0 Å². The van der Waals surface area contributed by atoms with Gasteiger partial charge in [0, 0.05) is 62.8 Å². The second-order valence-electron chi connectivity index (χ2n) is 7.54. The third kappa shape index (κ3) is 3.36. The highest BCUT2D eigenvalue weighted by Crippen LogP contribution is 2.39. The summed E-state index contributed by atoms with van der Waals surface area (Å²) < 4.78 is 0. The molecule has 2 aliphatic heterocycles. The molecule has 2 saturated heterocycles. The molecule has 2 aliphatic rings. The van der Waals surface area contributed by atoms with Crippen LogP contribution in [0, 0.1) is 5.41 Å². The van der Waals surface area contributed by atoms with Gasteiger partial charge in [0.2, 0.25) is 5.91 Å². The standard InChI is InChI=1S/C20H24N4O2/c25-18-4-7-20(15-24(18)13-16-3-1-8-21-11-16)6-2-10-23(14-20)19(26)17-5-9-22-12-17/h1,3,5,8-9,11-12,22H,2,4,6-7,10,13-15H2/t20-/m0/s1. The van der Waals surface area contributed by atoms with Gasteiger partial charge in [0.05, 0.1) is 5.56 Å². The molecular weight excluding hydrogens is 328 g/mol. The second kappa shape index (κ2) is 6.94. The van der Waals surface area contributed by atoms with E-state index in [1.165, 1.54) is 0 Å². The predicted molar refractivity (Wildman–Crippen MR) is 97.3 cm³/mol. The van der Waals surface area contributed by atoms with Crippen LogP contribution in [0.25, 0.3) is 0 Å². The summed E-state index contributed by atoms with van der Waals surface area (Å²) in [4.78, 5) is 36.2. The van der Waals surface area contributed by atoms with Crippen molar-refractivity contribution in [2.75, 3.05) is 19.6 Å². The van der Waals surface area contributed by atoms with Gasteiger partial charge in [-0.1, -0.05) is 6.07 Å². The SMILES string of the molecule is O=C1CC[C@]2(CCCN(C(=O)c3cc[nH]c3)C2)CN1Cc1cccnc1. The van der Waals surface area contributed by atoms with Crippen molar-refractivity contribution in [2.45, 2.75) is 32.2 Å². The molecular formula is C20H24N4O2. The number of piperidine rings is 2. The first-order valence-corrected chi connectivity index (χ1v) is 9.24. The first kappa shape index (κ1) is 16.8. The Morgan fingerprint density at radius 3 is 2.96 bits per heavy atom. The van der Waals surface area contributed by atoms with Gasteiger partial charge in [0.25, 0.3) is 5.91 Å². The monoisotopic (exact) mass is 352 g/mol. The second-order valence-corrected chi connectivity index (χ2v) is 7.54. The molecule has 4 heterocycles. The Morgan fingerprint density at radius 1 is 1.27 bits per heavy atom. The number of aromatic nitrogens is 2. The number of carbonyl (C=O) groups is 2. The fourth-order valence-corrected chi connectivity index (χ4v) is 4.31. The summed E-state index contributed by atoms with van der Waals surface area (Å²) in [5, 5.41) is 0. The summed E-state index contributed by atoms with van der Waals surface area (Å²) in [6.45, 7) is 2.84. The predicted octanol–water partition coefficient (Wildman–Crippen LogP) is 2.45. The van der Waals surface area contributed by atoms with E-state index in [-0.39, 0.29) is 17.2 Å². The molecule has 4 rings (SSSR count). The quantitative estimate of drug-likeness (QED) is 0.922. The van der Waals surface area contributed by atoms with Gasteiger partial charge >= 0.3 is 0 Å². The summed E-state index contributed by atoms with van der Waals surface area (Å²) in [6, 6.07) is 5.73. The first-order chi connectivity index (χ1) is 12.7. The number of rotatable bonds is 3. The zero-order valence-electron chi connectivity index (χ0n) is 14.9. The molecule has 1 N–H and O–H groups in total. The molecule has 136 valence electrons. The van der Waals surface area contributed by atoms with Crippen molar-refractivity contribution in [3.8, 4) is 0 Å². The summed E-state index contributed by atoms with van der Waals surface area (Å²) in [6.07, 6.45) is 10.6. The Morgan fingerprint density at radius 2 is 2.19 bits per heavy atom. The van der Waals surface area contributed by atoms with Crippen molar-refractivity contribution in [1.82, 2.24) is 19.8 Å². The molecule has 2 aromatic rings. The van der Waals surface area contributed by atoms with Gasteiger partial charge in [0.1, 0.15) is 0 Å². The van der Waals surface area contributed by atoms with E-state index in [0.717, 1.165) is 44.5 Å². The zero-order valence-corrected chi connectivity index (χ0v) is 14.9. The third-order valence-corrected chi connectivity index (χ3v) is 5.64. The number of amides is 2. The summed E-state index contributed by atoms with van der Waals surface area (Å²) in [7, 11) is 0. The first-order valence-electron chi connectivity index (χ1n) is 9.24. The number of nitrogens with one attached hydrogen (secondary N) is 1. The van der Waals surface area contributed by atoms with Crippen molar-refractivity contribution in [3.05, 3.63) is 54.1 Å². The van der Waals surface area contributed by atoms with Crippen LogP contribution in [-0.4, -0.2) is 51.2 Å². The average molecular weight is 352 g/mol. The maximum Gasteiger partial charge on any atom is 0.255 e. The van der Waals surface area contributed by atoms with Crippen molar-refractivity contribution in [1.29, 1.82) is 0 Å². The van der Waals surface area contributed by atoms with Gasteiger partial charge in [-0.15, -0.1) is 0 Å². The van der Waals surface area contributed by atoms with Crippen LogP contribution in [-0.2, 0) is 11.3 Å². The molecule has 0 aromatic carbocycles. The normalized spacial score (nSPS) is 23.5. The molecule has 6 nitrogen and oxygen atoms in total. The zero-order chi connectivity index (χ0) is 18.0. The molecule has 2 aromatic heterocycles. The smallest absolute Gasteiger partial charge is 0.255 e. The van der Waals surface area contributed by atoms with E-state index in [2.05, 4.69) is 9.97 Å². The van der Waals surface area contributed by atoms with Crippen LogP contribution in [0.2, 0.25) is 0 Å². The Hall–Kier alpha value is -2.63. The van der Waals surface area contributed by atoms with Gasteiger partial charge in [0.15, 0.2) is 0 Å². The average Bonchev–Trinajstić information content (AvgIpc) is 3.20. The van der Waals surface area contributed by atoms with Gasteiger partial charge in [-0.2, -0.15) is 0 Å². The van der Waals surface area contributed by atoms with Crippen molar-refractivity contribution < 1.29 is 9.59 Å². The van der Waals surface area contributed by atoms with Crippen molar-refractivity contribution in [3.63, 3.8) is 0 Å². The van der Waals surface area contributed by atoms with Crippen molar-refractivity contribution >= 4 is 11.8 Å². The van der Waals surface area contributed by atoms with Gasteiger partial charge in [-0.05, 0) is 37.0 Å². The molecule has 2 amide bonds. The highest BCUT2D eigenvalue weighted by Gasteiger charge is 2.42. The fraction of sp³-hybridized carbons (Fsp3) is 0.450. The van der Waals surface area contributed by atoms with Crippen LogP contribution in [0.5, 0.6) is 0 Å². The lowest BCUT2D eigenvalue weighted by Crippen LogP contribution is -2.54. The van der Waals surface area contributed by atoms with E-state index in [0.29, 0.717) is 18.5 Å². The minimum Gasteiger partial charge on any atom is -0.367 e. The van der Waals surface area contributed by atoms with E-state index in [1.807, 2.05) is 34.2 Å². The van der Waals surface area contributed by atoms with Crippen molar-refractivity contribution in [2.24, 2.45) is 5.41 Å². The Balaban J connectivity index is 1.48. The lowest BCUT2D eigenvalue weighted by molar-refractivity contribution is -0.139. The van der Waals surface area contributed by atoms with E-state index in [1.54, 1.807) is 18.6 Å². The Labute approximate surface area is 153 Å². The molecule has 1 spiro atoms. The third-order valence-electron chi connectivity index (χ3n) is 5.64. The Bertz CT molecular complexity index is 774. The number of H-pyrrole nitrogens is 1. The molecule has 0 bridgehead atoms. The van der Waals surface area contributed by atoms with Gasteiger partial charge < -0.3 is 14.8 Å². The summed E-state index contributed by atoms with van der Waals surface area (Å²) >= 11 is 0. The van der Waals surface area contributed by atoms with Gasteiger partial charge in [-0.3, -0.25) is 14.6 Å². The molecule has 0 saturated carbocycles. The molecule has 2 fully saturated rings. The fourth-order valence-electron chi connectivity index (χ4n) is 4.31. The van der Waals surface area contributed by atoms with E-state index < -0.39 is 0 Å². The van der Waals surface area contributed by atoms with Crippen LogP contribution < -0.4 is 0 Å². The van der Waals surface area contributed by atoms with E-state index in [9.17, 15) is 9.59 Å². The largest absolute Gasteiger partial charge is 0.367 e. The van der Waals surface area contributed by atoms with E-state index >= 15 is 0 Å². The number of nitrogens with zero attached hydrogens (tertiary/aromatic N) is 3. The number of hydrogen-bond donors (Lipinski definition) is 1. The molecule has 1 atom stereocenters. The number of hydrogen-bond acceptors (Lipinski definition) is 3. The maximum absolute atomic E-state index is 12.7. The van der Waals surface area contributed by atoms with Crippen LogP contribution >= 0.6 is 0 Å². The minimum atomic E-state index is 0.0142. The molecule has 0 radical (unpaired) electrons. The summed E-state index contributed by atoms with van der Waals surface area (Å²) in [5.41, 5.74) is 1.77. The minimum absolute atomic E-state index is 0.0142. The summed E-state index contributed by atoms with van der Waals surface area (Å²) in [5.74, 6) is 0.287. The molecule has 6 heteroatoms. The molecule has 0 aliphatic carbocycles. The van der Waals surface area contributed by atoms with Crippen LogP contribution in [0.1, 0.15) is 41.6 Å². The lowest BCUT2D eigenvalue weighted by Gasteiger charge is -2.48. The van der Waals surface area contributed by atoms with E-state index in [4.69, 9.17) is 0 Å². The highest BCUT2D eigenvalue weighted by atomic mass is 16.2. The van der Waals surface area contributed by atoms with Crippen LogP contribution in [0.4, 0.5) is 0 Å². The number of likely N-dealkylation sites (tertiary alicyclic amines) is 2. The number of aromatic amines is 1. The van der Waals surface area contributed by atoms with Crippen LogP contribution in [0.3, 0.4) is 0 Å². The lowest BCUT2D eigenvalue weighted by atomic mass is 9.73.